The first-order chi connectivity index (χ1) is 10.4. The zero-order chi connectivity index (χ0) is 15.7. The number of rotatable bonds is 0. The average molecular weight is 307 g/mol. The average Bonchev–Trinajstić information content (AvgIpc) is 2.47. The second kappa shape index (κ2) is 4.65. The number of allylic oxidation sites excluding steroid dienone is 1. The minimum absolute atomic E-state index is 0.103. The maximum absolute atomic E-state index is 11.5. The van der Waals surface area contributed by atoms with Crippen LogP contribution < -0.4 is 5.32 Å². The molecule has 5 N–H and O–H groups in total. The van der Waals surface area contributed by atoms with Gasteiger partial charge in [-0.15, -0.1) is 0 Å². The van der Waals surface area contributed by atoms with Gasteiger partial charge in [0.1, 0.15) is 0 Å². The third-order valence-electron chi connectivity index (χ3n) is 6.66. The summed E-state index contributed by atoms with van der Waals surface area (Å²) in [5.41, 5.74) is 0.170. The van der Waals surface area contributed by atoms with Gasteiger partial charge in [-0.05, 0) is 43.4 Å². The lowest BCUT2D eigenvalue weighted by molar-refractivity contribution is -0.226. The van der Waals surface area contributed by atoms with Crippen molar-refractivity contribution in [2.75, 3.05) is 6.54 Å². The molecule has 5 heteroatoms. The number of aliphatic hydroxyl groups excluding tert-OH is 3. The topological polar surface area (TPSA) is 93.0 Å². The normalized spacial score (nSPS) is 54.0. The predicted molar refractivity (Wildman–Crippen MR) is 81.0 cm³/mol. The molecule has 0 radical (unpaired) electrons. The van der Waals surface area contributed by atoms with E-state index < -0.39 is 29.3 Å². The maximum atomic E-state index is 11.5. The Hall–Kier alpha value is -0.720. The minimum Gasteiger partial charge on any atom is -0.390 e. The van der Waals surface area contributed by atoms with E-state index in [-0.39, 0.29) is 12.0 Å². The van der Waals surface area contributed by atoms with Gasteiger partial charge in [0, 0.05) is 12.0 Å². The molecule has 0 aromatic heterocycles. The second-order valence-electron chi connectivity index (χ2n) is 7.48. The van der Waals surface area contributed by atoms with Crippen molar-refractivity contribution in [2.24, 2.45) is 11.3 Å². The summed E-state index contributed by atoms with van der Waals surface area (Å²) in [6.45, 7) is 2.66. The minimum atomic E-state index is -1.05. The number of aliphatic hydroxyl groups is 4. The molecule has 5 nitrogen and oxygen atoms in total. The van der Waals surface area contributed by atoms with Crippen molar-refractivity contribution in [1.82, 2.24) is 5.32 Å². The van der Waals surface area contributed by atoms with Crippen LogP contribution in [0.1, 0.15) is 32.6 Å². The Morgan fingerprint density at radius 1 is 1.23 bits per heavy atom. The van der Waals surface area contributed by atoms with Gasteiger partial charge in [0.2, 0.25) is 0 Å². The van der Waals surface area contributed by atoms with E-state index in [0.717, 1.165) is 11.1 Å². The molecule has 3 aliphatic carbocycles. The molecule has 7 atom stereocenters. The van der Waals surface area contributed by atoms with Gasteiger partial charge in [0.25, 0.3) is 0 Å². The van der Waals surface area contributed by atoms with Crippen molar-refractivity contribution in [3.8, 4) is 0 Å². The van der Waals surface area contributed by atoms with Crippen molar-refractivity contribution in [1.29, 1.82) is 0 Å². The fourth-order valence-corrected chi connectivity index (χ4v) is 5.59. The van der Waals surface area contributed by atoms with E-state index in [9.17, 15) is 20.4 Å². The van der Waals surface area contributed by atoms with Crippen molar-refractivity contribution >= 4 is 0 Å². The first kappa shape index (κ1) is 14.8. The zero-order valence-corrected chi connectivity index (χ0v) is 12.9. The van der Waals surface area contributed by atoms with Crippen molar-refractivity contribution in [3.63, 3.8) is 0 Å². The van der Waals surface area contributed by atoms with Crippen LogP contribution in [0.25, 0.3) is 0 Å². The highest BCUT2D eigenvalue weighted by molar-refractivity contribution is 5.47. The van der Waals surface area contributed by atoms with Gasteiger partial charge in [0.05, 0.1) is 29.3 Å². The smallest absolute Gasteiger partial charge is 0.0923 e. The maximum Gasteiger partial charge on any atom is 0.0923 e. The number of nitrogens with one attached hydrogen (secondary N) is 1. The van der Waals surface area contributed by atoms with Crippen LogP contribution in [0.15, 0.2) is 23.3 Å². The van der Waals surface area contributed by atoms with Crippen LogP contribution in [-0.4, -0.2) is 56.9 Å². The molecule has 1 heterocycles. The highest BCUT2D eigenvalue weighted by Gasteiger charge is 2.68. The third-order valence-corrected chi connectivity index (χ3v) is 6.66. The summed E-state index contributed by atoms with van der Waals surface area (Å²) in [5.74, 6) is -0.148. The quantitative estimate of drug-likeness (QED) is 0.429. The van der Waals surface area contributed by atoms with Gasteiger partial charge < -0.3 is 25.7 Å². The Morgan fingerprint density at radius 3 is 2.77 bits per heavy atom. The summed E-state index contributed by atoms with van der Waals surface area (Å²) < 4.78 is 0. The van der Waals surface area contributed by atoms with Gasteiger partial charge in [-0.25, -0.2) is 0 Å². The summed E-state index contributed by atoms with van der Waals surface area (Å²) in [6, 6.07) is -0.103. The van der Waals surface area contributed by atoms with Crippen LogP contribution >= 0.6 is 0 Å². The largest absolute Gasteiger partial charge is 0.390 e. The molecule has 1 aliphatic heterocycles. The highest BCUT2D eigenvalue weighted by atomic mass is 16.3. The molecule has 2 fully saturated rings. The van der Waals surface area contributed by atoms with Crippen molar-refractivity contribution in [2.45, 2.75) is 62.6 Å². The third kappa shape index (κ3) is 1.56. The van der Waals surface area contributed by atoms with Crippen molar-refractivity contribution < 1.29 is 20.4 Å². The lowest BCUT2D eigenvalue weighted by Gasteiger charge is -2.65. The monoisotopic (exact) mass is 307 g/mol. The molecule has 0 aromatic rings. The van der Waals surface area contributed by atoms with Crippen LogP contribution in [-0.2, 0) is 0 Å². The molecule has 4 rings (SSSR count). The first-order valence-electron chi connectivity index (χ1n) is 8.33. The summed E-state index contributed by atoms with van der Waals surface area (Å²) in [5, 5.41) is 46.4. The Balaban J connectivity index is 1.96. The van der Waals surface area contributed by atoms with Gasteiger partial charge in [-0.1, -0.05) is 19.1 Å². The van der Waals surface area contributed by atoms with Crippen LogP contribution in [0.5, 0.6) is 0 Å². The molecule has 1 saturated heterocycles. The van der Waals surface area contributed by atoms with Crippen LogP contribution in [0.3, 0.4) is 0 Å². The zero-order valence-electron chi connectivity index (χ0n) is 12.9. The Labute approximate surface area is 130 Å². The molecular weight excluding hydrogens is 282 g/mol. The molecule has 0 amide bonds. The van der Waals surface area contributed by atoms with E-state index >= 15 is 0 Å². The van der Waals surface area contributed by atoms with E-state index in [0.29, 0.717) is 32.2 Å². The Morgan fingerprint density at radius 2 is 2.00 bits per heavy atom. The van der Waals surface area contributed by atoms with E-state index in [2.05, 4.69) is 5.32 Å². The number of hydrogen-bond acceptors (Lipinski definition) is 5. The van der Waals surface area contributed by atoms with Gasteiger partial charge in [-0.2, -0.15) is 0 Å². The summed E-state index contributed by atoms with van der Waals surface area (Å²) in [4.78, 5) is 0. The SMILES string of the molecule is CC1C2=C(C=CC1O)C[C@H]1NCCC23C(O)[C@H](O)CC[C@@]13O. The predicted octanol–water partition coefficient (Wildman–Crippen LogP) is -0.152. The number of hydrogen-bond donors (Lipinski definition) is 5. The molecule has 1 saturated carbocycles. The van der Waals surface area contributed by atoms with Crippen molar-refractivity contribution in [3.05, 3.63) is 23.3 Å². The molecule has 0 aromatic carbocycles. The molecule has 22 heavy (non-hydrogen) atoms. The van der Waals surface area contributed by atoms with Crippen LogP contribution in [0.2, 0.25) is 0 Å². The lowest BCUT2D eigenvalue weighted by Crippen LogP contribution is -2.75. The second-order valence-corrected chi connectivity index (χ2v) is 7.48. The first-order valence-corrected chi connectivity index (χ1v) is 8.33. The Kier molecular flexibility index (Phi) is 3.14. The molecule has 0 spiro atoms. The molecule has 4 unspecified atom stereocenters. The van der Waals surface area contributed by atoms with Gasteiger partial charge in [-0.3, -0.25) is 0 Å². The molecule has 2 bridgehead atoms. The summed E-state index contributed by atoms with van der Waals surface area (Å²) in [7, 11) is 0. The molecular formula is C17H25NO4. The van der Waals surface area contributed by atoms with E-state index in [4.69, 9.17) is 0 Å². The fourth-order valence-electron chi connectivity index (χ4n) is 5.59. The molecule has 4 aliphatic rings. The van der Waals surface area contributed by atoms with Crippen LogP contribution in [0, 0.1) is 11.3 Å². The van der Waals surface area contributed by atoms with E-state index in [1.165, 1.54) is 0 Å². The van der Waals surface area contributed by atoms with Gasteiger partial charge >= 0.3 is 0 Å². The molecule has 122 valence electrons. The fraction of sp³-hybridized carbons (Fsp3) is 0.765. The van der Waals surface area contributed by atoms with Crippen LogP contribution in [0.4, 0.5) is 0 Å². The standard InChI is InChI=1S/C17H25NO4/c1-9-11(19)3-2-10-8-13-17(22)5-4-12(20)15(21)16(17,14(9)10)6-7-18-13/h2-3,9,11-13,15,18-22H,4-8H2,1H3/t9?,11?,12-,13-,15?,16?,17-/m1/s1. The lowest BCUT2D eigenvalue weighted by atomic mass is 9.46. The summed E-state index contributed by atoms with van der Waals surface area (Å²) in [6.07, 6.45) is 3.52. The number of piperidine rings is 1. The van der Waals surface area contributed by atoms with Gasteiger partial charge in [0.15, 0.2) is 0 Å². The Bertz CT molecular complexity index is 559. The highest BCUT2D eigenvalue weighted by Crippen LogP contribution is 2.61. The van der Waals surface area contributed by atoms with E-state index in [1.807, 2.05) is 13.0 Å². The summed E-state index contributed by atoms with van der Waals surface area (Å²) >= 11 is 0. The van der Waals surface area contributed by atoms with E-state index in [1.54, 1.807) is 6.08 Å².